The second kappa shape index (κ2) is 6.49. The SMILES string of the molecule is CC1(C)O[C@@H]([C@H](N)Cc2ccoc2)[C@H]([C@H](N)Cc2ccoc2)O1. The minimum atomic E-state index is -0.697. The van der Waals surface area contributed by atoms with Gasteiger partial charge in [-0.2, -0.15) is 0 Å². The third-order valence-electron chi connectivity index (χ3n) is 4.11. The van der Waals surface area contributed by atoms with Gasteiger partial charge in [0.15, 0.2) is 5.79 Å². The van der Waals surface area contributed by atoms with Gasteiger partial charge in [-0.3, -0.25) is 0 Å². The molecule has 0 bridgehead atoms. The third-order valence-corrected chi connectivity index (χ3v) is 4.11. The Morgan fingerprint density at radius 1 is 0.913 bits per heavy atom. The van der Waals surface area contributed by atoms with Gasteiger partial charge in [-0.15, -0.1) is 0 Å². The van der Waals surface area contributed by atoms with Crippen LogP contribution in [0.1, 0.15) is 25.0 Å². The van der Waals surface area contributed by atoms with E-state index in [1.54, 1.807) is 25.1 Å². The summed E-state index contributed by atoms with van der Waals surface area (Å²) in [4.78, 5) is 0. The molecular formula is C17H24N2O4. The highest BCUT2D eigenvalue weighted by molar-refractivity contribution is 5.12. The Hall–Kier alpha value is -1.60. The van der Waals surface area contributed by atoms with Crippen molar-refractivity contribution >= 4 is 0 Å². The highest BCUT2D eigenvalue weighted by Gasteiger charge is 2.46. The fourth-order valence-corrected chi connectivity index (χ4v) is 3.07. The molecule has 2 aromatic heterocycles. The molecule has 126 valence electrons. The third kappa shape index (κ3) is 3.84. The fraction of sp³-hybridized carbons (Fsp3) is 0.529. The summed E-state index contributed by atoms with van der Waals surface area (Å²) in [5.41, 5.74) is 14.8. The summed E-state index contributed by atoms with van der Waals surface area (Å²) < 4.78 is 22.3. The maximum atomic E-state index is 6.37. The molecule has 0 aliphatic carbocycles. The largest absolute Gasteiger partial charge is 0.472 e. The molecule has 3 rings (SSSR count). The van der Waals surface area contributed by atoms with Crippen molar-refractivity contribution in [1.29, 1.82) is 0 Å². The molecule has 0 unspecified atom stereocenters. The molecule has 4 atom stereocenters. The molecule has 2 aromatic rings. The van der Waals surface area contributed by atoms with E-state index in [0.717, 1.165) is 11.1 Å². The molecule has 6 heteroatoms. The number of furan rings is 2. The van der Waals surface area contributed by atoms with Crippen molar-refractivity contribution in [2.45, 2.75) is 56.8 Å². The normalized spacial score (nSPS) is 26.3. The monoisotopic (exact) mass is 320 g/mol. The van der Waals surface area contributed by atoms with Gasteiger partial charge < -0.3 is 29.8 Å². The second-order valence-electron chi connectivity index (χ2n) is 6.56. The zero-order valence-electron chi connectivity index (χ0n) is 13.5. The average molecular weight is 320 g/mol. The topological polar surface area (TPSA) is 96.8 Å². The van der Waals surface area contributed by atoms with Gasteiger partial charge in [0, 0.05) is 12.1 Å². The van der Waals surface area contributed by atoms with Crippen molar-refractivity contribution in [1.82, 2.24) is 0 Å². The smallest absolute Gasteiger partial charge is 0.163 e. The van der Waals surface area contributed by atoms with Gasteiger partial charge in [0.25, 0.3) is 0 Å². The predicted molar refractivity (Wildman–Crippen MR) is 84.6 cm³/mol. The van der Waals surface area contributed by atoms with Crippen LogP contribution in [-0.2, 0) is 22.3 Å². The maximum Gasteiger partial charge on any atom is 0.163 e. The van der Waals surface area contributed by atoms with E-state index < -0.39 is 5.79 Å². The number of ether oxygens (including phenoxy) is 2. The summed E-state index contributed by atoms with van der Waals surface area (Å²) >= 11 is 0. The lowest BCUT2D eigenvalue weighted by atomic mass is 9.93. The molecule has 0 saturated carbocycles. The van der Waals surface area contributed by atoms with E-state index in [-0.39, 0.29) is 24.3 Å². The molecule has 0 aromatic carbocycles. The average Bonchev–Trinajstić information content (AvgIpc) is 3.19. The molecule has 1 aliphatic heterocycles. The van der Waals surface area contributed by atoms with E-state index in [1.165, 1.54) is 0 Å². The lowest BCUT2D eigenvalue weighted by Gasteiger charge is -2.26. The number of rotatable bonds is 6. The quantitative estimate of drug-likeness (QED) is 0.843. The van der Waals surface area contributed by atoms with Crippen molar-refractivity contribution in [2.24, 2.45) is 11.5 Å². The van der Waals surface area contributed by atoms with E-state index in [9.17, 15) is 0 Å². The predicted octanol–water partition coefficient (Wildman–Crippen LogP) is 1.83. The van der Waals surface area contributed by atoms with Crippen molar-refractivity contribution in [3.05, 3.63) is 48.3 Å². The lowest BCUT2D eigenvalue weighted by Crippen LogP contribution is -2.50. The maximum absolute atomic E-state index is 6.37. The zero-order valence-corrected chi connectivity index (χ0v) is 13.5. The van der Waals surface area contributed by atoms with Crippen LogP contribution in [0.4, 0.5) is 0 Å². The van der Waals surface area contributed by atoms with Crippen LogP contribution in [-0.4, -0.2) is 30.1 Å². The first-order valence-electron chi connectivity index (χ1n) is 7.83. The Bertz CT molecular complexity index is 542. The lowest BCUT2D eigenvalue weighted by molar-refractivity contribution is -0.149. The molecule has 1 fully saturated rings. The standard InChI is InChI=1S/C17H24N2O4/c1-17(2)22-15(13(18)7-11-3-5-20-9-11)16(23-17)14(19)8-12-4-6-21-10-12/h3-6,9-10,13-16H,7-8,18-19H2,1-2H3/t13-,14-,15+,16+/m1/s1. The Morgan fingerprint density at radius 2 is 1.35 bits per heavy atom. The van der Waals surface area contributed by atoms with Gasteiger partial charge in [0.2, 0.25) is 0 Å². The van der Waals surface area contributed by atoms with Gasteiger partial charge in [-0.25, -0.2) is 0 Å². The van der Waals surface area contributed by atoms with E-state index in [4.69, 9.17) is 29.8 Å². The Morgan fingerprint density at radius 3 is 1.70 bits per heavy atom. The Balaban J connectivity index is 1.70. The first-order valence-corrected chi connectivity index (χ1v) is 7.83. The Kier molecular flexibility index (Phi) is 4.59. The van der Waals surface area contributed by atoms with Crippen molar-refractivity contribution in [2.75, 3.05) is 0 Å². The summed E-state index contributed by atoms with van der Waals surface area (Å²) in [5.74, 6) is -0.697. The molecule has 0 spiro atoms. The van der Waals surface area contributed by atoms with Crippen LogP contribution in [0.15, 0.2) is 46.0 Å². The van der Waals surface area contributed by atoms with E-state index >= 15 is 0 Å². The van der Waals surface area contributed by atoms with Crippen LogP contribution >= 0.6 is 0 Å². The molecule has 0 amide bonds. The number of nitrogens with two attached hydrogens (primary N) is 2. The van der Waals surface area contributed by atoms with Crippen LogP contribution < -0.4 is 11.5 Å². The number of hydrogen-bond acceptors (Lipinski definition) is 6. The Labute approximate surface area is 135 Å². The molecular weight excluding hydrogens is 296 g/mol. The molecule has 3 heterocycles. The van der Waals surface area contributed by atoms with Gasteiger partial charge in [0.1, 0.15) is 12.2 Å². The van der Waals surface area contributed by atoms with Crippen molar-refractivity contribution < 1.29 is 18.3 Å². The summed E-state index contributed by atoms with van der Waals surface area (Å²) in [5, 5.41) is 0. The van der Waals surface area contributed by atoms with Crippen LogP contribution in [0.25, 0.3) is 0 Å². The van der Waals surface area contributed by atoms with Crippen LogP contribution in [0, 0.1) is 0 Å². The summed E-state index contributed by atoms with van der Waals surface area (Å²) in [7, 11) is 0. The molecule has 0 radical (unpaired) electrons. The highest BCUT2D eigenvalue weighted by Crippen LogP contribution is 2.32. The van der Waals surface area contributed by atoms with E-state index in [2.05, 4.69) is 0 Å². The second-order valence-corrected chi connectivity index (χ2v) is 6.56. The van der Waals surface area contributed by atoms with Gasteiger partial charge >= 0.3 is 0 Å². The van der Waals surface area contributed by atoms with Crippen LogP contribution in [0.5, 0.6) is 0 Å². The molecule has 1 aliphatic rings. The van der Waals surface area contributed by atoms with Gasteiger partial charge in [0.05, 0.1) is 25.1 Å². The summed E-state index contributed by atoms with van der Waals surface area (Å²) in [6.45, 7) is 3.77. The molecule has 4 N–H and O–H groups in total. The number of hydrogen-bond donors (Lipinski definition) is 2. The van der Waals surface area contributed by atoms with E-state index in [1.807, 2.05) is 26.0 Å². The first kappa shape index (κ1) is 16.3. The van der Waals surface area contributed by atoms with Crippen LogP contribution in [0.3, 0.4) is 0 Å². The van der Waals surface area contributed by atoms with Gasteiger partial charge in [-0.05, 0) is 49.9 Å². The summed E-state index contributed by atoms with van der Waals surface area (Å²) in [6.07, 6.45) is 7.41. The van der Waals surface area contributed by atoms with Crippen molar-refractivity contribution in [3.63, 3.8) is 0 Å². The van der Waals surface area contributed by atoms with E-state index in [0.29, 0.717) is 12.8 Å². The first-order chi connectivity index (χ1) is 10.9. The van der Waals surface area contributed by atoms with Crippen LogP contribution in [0.2, 0.25) is 0 Å². The minimum Gasteiger partial charge on any atom is -0.472 e. The molecule has 6 nitrogen and oxygen atoms in total. The summed E-state index contributed by atoms with van der Waals surface area (Å²) in [6, 6.07) is 3.35. The molecule has 1 saturated heterocycles. The fourth-order valence-electron chi connectivity index (χ4n) is 3.07. The zero-order chi connectivity index (χ0) is 16.4. The van der Waals surface area contributed by atoms with Crippen molar-refractivity contribution in [3.8, 4) is 0 Å². The molecule has 23 heavy (non-hydrogen) atoms. The highest BCUT2D eigenvalue weighted by atomic mass is 16.8. The minimum absolute atomic E-state index is 0.227. The van der Waals surface area contributed by atoms with Gasteiger partial charge in [-0.1, -0.05) is 0 Å².